The smallest absolute Gasteiger partial charge is 0.326 e. The van der Waals surface area contributed by atoms with Crippen LogP contribution in [0.15, 0.2) is 24.3 Å². The number of carbonyl (C=O) groups excluding carboxylic acids is 1. The molecule has 0 aliphatic heterocycles. The van der Waals surface area contributed by atoms with E-state index in [1.54, 1.807) is 12.1 Å². The third-order valence-corrected chi connectivity index (χ3v) is 3.74. The van der Waals surface area contributed by atoms with Crippen LogP contribution >= 0.6 is 0 Å². The van der Waals surface area contributed by atoms with Crippen LogP contribution < -0.4 is 10.6 Å². The van der Waals surface area contributed by atoms with Crippen LogP contribution in [0.4, 0.5) is 4.79 Å². The highest BCUT2D eigenvalue weighted by atomic mass is 16.4. The van der Waals surface area contributed by atoms with Crippen molar-refractivity contribution in [2.24, 2.45) is 5.92 Å². The number of hydrogen-bond acceptors (Lipinski definition) is 3. The number of urea groups is 1. The molecule has 2 amide bonds. The van der Waals surface area contributed by atoms with Gasteiger partial charge >= 0.3 is 12.0 Å². The topological polar surface area (TPSA) is 98.7 Å². The summed E-state index contributed by atoms with van der Waals surface area (Å²) in [6.45, 7) is 2.06. The molecular formula is C15H20N2O4. The fourth-order valence-corrected chi connectivity index (χ4v) is 2.31. The number of carboxylic acids is 1. The summed E-state index contributed by atoms with van der Waals surface area (Å²) in [4.78, 5) is 23.0. The molecule has 114 valence electrons. The van der Waals surface area contributed by atoms with E-state index in [0.29, 0.717) is 5.92 Å². The van der Waals surface area contributed by atoms with Gasteiger partial charge in [0.2, 0.25) is 0 Å². The summed E-state index contributed by atoms with van der Waals surface area (Å²) in [6, 6.07) is 4.99. The number of rotatable bonds is 6. The molecular weight excluding hydrogens is 272 g/mol. The van der Waals surface area contributed by atoms with E-state index in [1.807, 2.05) is 0 Å². The fraction of sp³-hybridized carbons (Fsp3) is 0.467. The van der Waals surface area contributed by atoms with Crippen molar-refractivity contribution in [2.75, 3.05) is 0 Å². The van der Waals surface area contributed by atoms with Gasteiger partial charge in [-0.25, -0.2) is 9.59 Å². The van der Waals surface area contributed by atoms with Crippen molar-refractivity contribution in [3.8, 4) is 5.75 Å². The van der Waals surface area contributed by atoms with E-state index in [1.165, 1.54) is 12.1 Å². The molecule has 0 saturated heterocycles. The Labute approximate surface area is 123 Å². The summed E-state index contributed by atoms with van der Waals surface area (Å²) < 4.78 is 0. The van der Waals surface area contributed by atoms with Crippen LogP contribution in [0.2, 0.25) is 0 Å². The standard InChI is InChI=1S/C15H20N2O4/c1-2-10-8-12(10)16-15(21)17-13(14(19)20)7-9-3-5-11(18)6-4-9/h3-6,10,12-13,18H,2,7-8H2,1H3,(H,19,20)(H2,16,17,21). The number of aliphatic carboxylic acids is 1. The number of carboxylic acid groups (broad SMARTS) is 1. The first-order chi connectivity index (χ1) is 9.99. The minimum Gasteiger partial charge on any atom is -0.508 e. The first kappa shape index (κ1) is 15.2. The molecule has 6 nitrogen and oxygen atoms in total. The summed E-state index contributed by atoms with van der Waals surface area (Å²) in [5.74, 6) is -0.451. The number of amides is 2. The number of phenolic OH excluding ortho intramolecular Hbond substituents is 1. The van der Waals surface area contributed by atoms with Crippen molar-refractivity contribution >= 4 is 12.0 Å². The Hall–Kier alpha value is -2.24. The average Bonchev–Trinajstić information content (AvgIpc) is 3.18. The van der Waals surface area contributed by atoms with Gasteiger partial charge in [-0.2, -0.15) is 0 Å². The van der Waals surface area contributed by atoms with Gasteiger partial charge in [0.1, 0.15) is 11.8 Å². The molecule has 1 aliphatic rings. The quantitative estimate of drug-likeness (QED) is 0.638. The first-order valence-electron chi connectivity index (χ1n) is 7.07. The summed E-state index contributed by atoms with van der Waals surface area (Å²) in [5, 5.41) is 23.7. The SMILES string of the molecule is CCC1CC1NC(=O)NC(Cc1ccc(O)cc1)C(=O)O. The van der Waals surface area contributed by atoms with Crippen molar-refractivity contribution in [2.45, 2.75) is 38.3 Å². The Morgan fingerprint density at radius 3 is 2.52 bits per heavy atom. The third kappa shape index (κ3) is 4.37. The van der Waals surface area contributed by atoms with Gasteiger partial charge in [-0.3, -0.25) is 0 Å². The number of carbonyl (C=O) groups is 2. The van der Waals surface area contributed by atoms with Crippen LogP contribution in [-0.2, 0) is 11.2 Å². The number of hydrogen-bond donors (Lipinski definition) is 4. The number of nitrogens with one attached hydrogen (secondary N) is 2. The van der Waals surface area contributed by atoms with Crippen LogP contribution in [0, 0.1) is 5.92 Å². The summed E-state index contributed by atoms with van der Waals surface area (Å²) in [6.07, 6.45) is 2.14. The second-order valence-corrected chi connectivity index (χ2v) is 5.39. The maximum absolute atomic E-state index is 11.8. The summed E-state index contributed by atoms with van der Waals surface area (Å²) in [5.41, 5.74) is 0.735. The Morgan fingerprint density at radius 1 is 1.33 bits per heavy atom. The van der Waals surface area contributed by atoms with E-state index >= 15 is 0 Å². The van der Waals surface area contributed by atoms with Gasteiger partial charge in [0.25, 0.3) is 0 Å². The number of benzene rings is 1. The Morgan fingerprint density at radius 2 is 2.00 bits per heavy atom. The molecule has 1 fully saturated rings. The highest BCUT2D eigenvalue weighted by molar-refractivity contribution is 5.83. The Kier molecular flexibility index (Phi) is 4.67. The highest BCUT2D eigenvalue weighted by Gasteiger charge is 2.37. The van der Waals surface area contributed by atoms with E-state index in [-0.39, 0.29) is 18.2 Å². The lowest BCUT2D eigenvalue weighted by Crippen LogP contribution is -2.47. The van der Waals surface area contributed by atoms with Crippen LogP contribution in [0.1, 0.15) is 25.3 Å². The molecule has 1 aromatic rings. The molecule has 21 heavy (non-hydrogen) atoms. The predicted octanol–water partition coefficient (Wildman–Crippen LogP) is 1.49. The minimum absolute atomic E-state index is 0.121. The van der Waals surface area contributed by atoms with Gasteiger partial charge in [0.15, 0.2) is 0 Å². The molecule has 4 N–H and O–H groups in total. The van der Waals surface area contributed by atoms with Gasteiger partial charge < -0.3 is 20.8 Å². The zero-order chi connectivity index (χ0) is 15.4. The lowest BCUT2D eigenvalue weighted by atomic mass is 10.1. The zero-order valence-electron chi connectivity index (χ0n) is 11.9. The maximum atomic E-state index is 11.8. The lowest BCUT2D eigenvalue weighted by Gasteiger charge is -2.15. The second-order valence-electron chi connectivity index (χ2n) is 5.39. The molecule has 0 heterocycles. The molecule has 0 radical (unpaired) electrons. The first-order valence-corrected chi connectivity index (χ1v) is 7.07. The summed E-state index contributed by atoms with van der Waals surface area (Å²) >= 11 is 0. The third-order valence-electron chi connectivity index (χ3n) is 3.74. The minimum atomic E-state index is -1.08. The van der Waals surface area contributed by atoms with Gasteiger partial charge in [-0.05, 0) is 30.0 Å². The molecule has 1 aliphatic carbocycles. The molecule has 3 atom stereocenters. The van der Waals surface area contributed by atoms with Crippen LogP contribution in [-0.4, -0.2) is 34.3 Å². The molecule has 0 spiro atoms. The highest BCUT2D eigenvalue weighted by Crippen LogP contribution is 2.32. The Bertz CT molecular complexity index is 515. The predicted molar refractivity (Wildman–Crippen MR) is 77.1 cm³/mol. The molecule has 1 saturated carbocycles. The lowest BCUT2D eigenvalue weighted by molar-refractivity contribution is -0.139. The van der Waals surface area contributed by atoms with Crippen LogP contribution in [0.3, 0.4) is 0 Å². The normalized spacial score (nSPS) is 21.4. The van der Waals surface area contributed by atoms with Crippen LogP contribution in [0.5, 0.6) is 5.75 Å². The molecule has 1 aromatic carbocycles. The van der Waals surface area contributed by atoms with Crippen molar-refractivity contribution in [3.63, 3.8) is 0 Å². The molecule has 0 aromatic heterocycles. The van der Waals surface area contributed by atoms with E-state index in [0.717, 1.165) is 18.4 Å². The number of phenols is 1. The van der Waals surface area contributed by atoms with E-state index < -0.39 is 18.0 Å². The molecule has 6 heteroatoms. The largest absolute Gasteiger partial charge is 0.508 e. The maximum Gasteiger partial charge on any atom is 0.326 e. The average molecular weight is 292 g/mol. The van der Waals surface area contributed by atoms with Crippen molar-refractivity contribution in [3.05, 3.63) is 29.8 Å². The molecule has 3 unspecified atom stereocenters. The summed E-state index contributed by atoms with van der Waals surface area (Å²) in [7, 11) is 0. The van der Waals surface area contributed by atoms with Crippen molar-refractivity contribution < 1.29 is 19.8 Å². The van der Waals surface area contributed by atoms with Gasteiger partial charge in [0, 0.05) is 12.5 Å². The fourth-order valence-electron chi connectivity index (χ4n) is 2.31. The monoisotopic (exact) mass is 292 g/mol. The van der Waals surface area contributed by atoms with Crippen molar-refractivity contribution in [1.29, 1.82) is 0 Å². The van der Waals surface area contributed by atoms with Gasteiger partial charge in [-0.1, -0.05) is 25.5 Å². The van der Waals surface area contributed by atoms with Crippen LogP contribution in [0.25, 0.3) is 0 Å². The zero-order valence-corrected chi connectivity index (χ0v) is 11.9. The van der Waals surface area contributed by atoms with E-state index in [9.17, 15) is 19.8 Å². The van der Waals surface area contributed by atoms with E-state index in [2.05, 4.69) is 17.6 Å². The van der Waals surface area contributed by atoms with Gasteiger partial charge in [-0.15, -0.1) is 0 Å². The number of aromatic hydroxyl groups is 1. The second kappa shape index (κ2) is 6.47. The van der Waals surface area contributed by atoms with Crippen molar-refractivity contribution in [1.82, 2.24) is 10.6 Å². The molecule has 2 rings (SSSR count). The Balaban J connectivity index is 1.88. The molecule has 0 bridgehead atoms. The van der Waals surface area contributed by atoms with Gasteiger partial charge in [0.05, 0.1) is 0 Å². The van der Waals surface area contributed by atoms with E-state index in [4.69, 9.17) is 0 Å².